The lowest BCUT2D eigenvalue weighted by molar-refractivity contribution is 0.0579. The number of carbonyl (C=O) groups excluding carboxylic acids is 2. The van der Waals surface area contributed by atoms with Gasteiger partial charge in [0.25, 0.3) is 0 Å². The summed E-state index contributed by atoms with van der Waals surface area (Å²) in [5.41, 5.74) is 6.59. The molecule has 0 spiro atoms. The molecule has 0 radical (unpaired) electrons. The van der Waals surface area contributed by atoms with Crippen LogP contribution in [0, 0.1) is 0 Å². The fourth-order valence-corrected chi connectivity index (χ4v) is 7.10. The van der Waals surface area contributed by atoms with Gasteiger partial charge in [0.1, 0.15) is 0 Å². The van der Waals surface area contributed by atoms with E-state index < -0.39 is 5.54 Å². The Kier molecular flexibility index (Phi) is 8.42. The molecule has 1 heterocycles. The van der Waals surface area contributed by atoms with E-state index in [0.717, 1.165) is 81.1 Å². The first-order valence-electron chi connectivity index (χ1n) is 15.5. The van der Waals surface area contributed by atoms with Crippen LogP contribution in [0.2, 0.25) is 0 Å². The molecule has 1 aliphatic carbocycles. The van der Waals surface area contributed by atoms with Gasteiger partial charge in [-0.25, -0.2) is 0 Å². The van der Waals surface area contributed by atoms with Crippen LogP contribution in [-0.4, -0.2) is 35.1 Å². The van der Waals surface area contributed by atoms with Gasteiger partial charge in [0.05, 0.1) is 5.54 Å². The molecule has 210 valence electrons. The molecule has 0 N–H and O–H groups in total. The maximum atomic E-state index is 14.1. The second-order valence-corrected chi connectivity index (χ2v) is 12.4. The first-order valence-corrected chi connectivity index (χ1v) is 15.5. The van der Waals surface area contributed by atoms with E-state index in [-0.39, 0.29) is 17.0 Å². The van der Waals surface area contributed by atoms with Crippen molar-refractivity contribution in [3.05, 3.63) is 94.5 Å². The first kappa shape index (κ1) is 28.5. The van der Waals surface area contributed by atoms with Crippen molar-refractivity contribution in [2.24, 2.45) is 0 Å². The Morgan fingerprint density at radius 2 is 1.27 bits per heavy atom. The Morgan fingerprint density at radius 1 is 0.725 bits per heavy atom. The summed E-state index contributed by atoms with van der Waals surface area (Å²) in [6, 6.07) is 22.4. The summed E-state index contributed by atoms with van der Waals surface area (Å²) in [5, 5.41) is 0. The molecule has 0 amide bonds. The van der Waals surface area contributed by atoms with Crippen LogP contribution < -0.4 is 0 Å². The average molecular weight is 536 g/mol. The van der Waals surface area contributed by atoms with Gasteiger partial charge in [-0.15, -0.1) is 0 Å². The number of benzene rings is 3. The van der Waals surface area contributed by atoms with Gasteiger partial charge in [0.2, 0.25) is 0 Å². The number of nitrogens with zero attached hydrogens (tertiary/aromatic N) is 1. The molecule has 40 heavy (non-hydrogen) atoms. The highest BCUT2D eigenvalue weighted by Crippen LogP contribution is 2.54. The number of likely N-dealkylation sites (tertiary alicyclic amines) is 1. The third-order valence-corrected chi connectivity index (χ3v) is 9.54. The Bertz CT molecular complexity index is 1360. The maximum Gasteiger partial charge on any atom is 0.193 e. The van der Waals surface area contributed by atoms with Gasteiger partial charge in [-0.05, 0) is 87.0 Å². The fourth-order valence-electron chi connectivity index (χ4n) is 7.10. The third-order valence-electron chi connectivity index (χ3n) is 9.54. The minimum absolute atomic E-state index is 0.0680. The predicted molar refractivity (Wildman–Crippen MR) is 165 cm³/mol. The monoisotopic (exact) mass is 535 g/mol. The van der Waals surface area contributed by atoms with Crippen LogP contribution in [0.3, 0.4) is 0 Å². The van der Waals surface area contributed by atoms with Crippen molar-refractivity contribution in [1.82, 2.24) is 4.90 Å². The van der Waals surface area contributed by atoms with Crippen molar-refractivity contribution < 1.29 is 9.59 Å². The highest BCUT2D eigenvalue weighted by molar-refractivity contribution is 6.09. The highest BCUT2D eigenvalue weighted by atomic mass is 16.1. The minimum atomic E-state index is -0.523. The average Bonchev–Trinajstić information content (AvgIpc) is 3.27. The molecule has 0 unspecified atom stereocenters. The largest absolute Gasteiger partial charge is 0.292 e. The van der Waals surface area contributed by atoms with Crippen LogP contribution in [0.5, 0.6) is 0 Å². The van der Waals surface area contributed by atoms with E-state index in [4.69, 9.17) is 0 Å². The number of carbonyl (C=O) groups is 2. The van der Waals surface area contributed by atoms with E-state index in [1.165, 1.54) is 28.7 Å². The van der Waals surface area contributed by atoms with E-state index in [9.17, 15) is 9.59 Å². The Morgan fingerprint density at radius 3 is 1.85 bits per heavy atom. The summed E-state index contributed by atoms with van der Waals surface area (Å²) in [5.74, 6) is 0.284. The second kappa shape index (κ2) is 11.8. The van der Waals surface area contributed by atoms with Crippen molar-refractivity contribution in [3.8, 4) is 11.1 Å². The van der Waals surface area contributed by atoms with E-state index >= 15 is 0 Å². The smallest absolute Gasteiger partial charge is 0.193 e. The van der Waals surface area contributed by atoms with Gasteiger partial charge < -0.3 is 0 Å². The van der Waals surface area contributed by atoms with Gasteiger partial charge in [-0.3, -0.25) is 14.5 Å². The summed E-state index contributed by atoms with van der Waals surface area (Å²) < 4.78 is 0. The number of rotatable bonds is 11. The Hall–Kier alpha value is -3.04. The zero-order valence-corrected chi connectivity index (χ0v) is 24.9. The molecule has 3 aromatic rings. The molecule has 3 nitrogen and oxygen atoms in total. The summed E-state index contributed by atoms with van der Waals surface area (Å²) in [7, 11) is 0. The molecule has 0 atom stereocenters. The molecule has 3 aromatic carbocycles. The van der Waals surface area contributed by atoms with Gasteiger partial charge in [0.15, 0.2) is 11.6 Å². The predicted octanol–water partition coefficient (Wildman–Crippen LogP) is 9.01. The number of ketones is 2. The van der Waals surface area contributed by atoms with E-state index in [1.54, 1.807) is 0 Å². The molecule has 0 saturated carbocycles. The topological polar surface area (TPSA) is 37.4 Å². The maximum absolute atomic E-state index is 14.1. The molecule has 5 rings (SSSR count). The van der Waals surface area contributed by atoms with Crippen LogP contribution in [-0.2, 0) is 5.41 Å². The molecule has 3 heteroatoms. The molecule has 2 aliphatic rings. The minimum Gasteiger partial charge on any atom is -0.292 e. The second-order valence-electron chi connectivity index (χ2n) is 12.4. The normalized spacial score (nSPS) is 16.4. The molecular formula is C37H45NO2. The van der Waals surface area contributed by atoms with Gasteiger partial charge >= 0.3 is 0 Å². The lowest BCUT2D eigenvalue weighted by Gasteiger charge is -2.40. The van der Waals surface area contributed by atoms with Crippen LogP contribution >= 0.6 is 0 Å². The first-order chi connectivity index (χ1) is 19.3. The standard InChI is InChI=1S/C37H45NO2/c1-5-7-21-37(22-8-6-2)32-25-28(34(39)27-15-11-9-12-16-27)17-19-30(32)31-20-18-29(26-33(31)37)35(40)36(3,4)38-23-13-10-14-24-38/h9,11-12,15-20,25-26H,5-8,10,13-14,21-24H2,1-4H3. The van der Waals surface area contributed by atoms with Crippen LogP contribution in [0.4, 0.5) is 0 Å². The quantitative estimate of drug-likeness (QED) is 0.230. The van der Waals surface area contributed by atoms with Gasteiger partial charge in [0, 0.05) is 22.1 Å². The van der Waals surface area contributed by atoms with E-state index in [2.05, 4.69) is 62.9 Å². The summed E-state index contributed by atoms with van der Waals surface area (Å²) >= 11 is 0. The molecule has 1 fully saturated rings. The Balaban J connectivity index is 1.61. The molecule has 1 saturated heterocycles. The summed E-state index contributed by atoms with van der Waals surface area (Å²) in [4.78, 5) is 30.0. The van der Waals surface area contributed by atoms with Crippen LogP contribution in [0.1, 0.15) is 123 Å². The molecule has 0 aromatic heterocycles. The van der Waals surface area contributed by atoms with Gasteiger partial charge in [-0.1, -0.05) is 101 Å². The number of Topliss-reactive ketones (excluding diaryl/α,β-unsaturated/α-hetero) is 1. The molecular weight excluding hydrogens is 490 g/mol. The van der Waals surface area contributed by atoms with Crippen molar-refractivity contribution in [3.63, 3.8) is 0 Å². The number of hydrogen-bond acceptors (Lipinski definition) is 3. The number of piperidine rings is 1. The number of hydrogen-bond donors (Lipinski definition) is 0. The Labute approximate surface area is 241 Å². The summed E-state index contributed by atoms with van der Waals surface area (Å²) in [6.07, 6.45) is 10.1. The summed E-state index contributed by atoms with van der Waals surface area (Å²) in [6.45, 7) is 10.7. The van der Waals surface area contributed by atoms with Crippen LogP contribution in [0.15, 0.2) is 66.7 Å². The third kappa shape index (κ3) is 5.09. The highest BCUT2D eigenvalue weighted by Gasteiger charge is 2.44. The van der Waals surface area contributed by atoms with Crippen molar-refractivity contribution >= 4 is 11.6 Å². The fraction of sp³-hybridized carbons (Fsp3) is 0.459. The zero-order chi connectivity index (χ0) is 28.3. The number of unbranched alkanes of at least 4 members (excludes halogenated alkanes) is 2. The lowest BCUT2D eigenvalue weighted by atomic mass is 9.70. The van der Waals surface area contributed by atoms with Gasteiger partial charge in [-0.2, -0.15) is 0 Å². The lowest BCUT2D eigenvalue weighted by Crippen LogP contribution is -2.52. The zero-order valence-electron chi connectivity index (χ0n) is 24.9. The number of fused-ring (bicyclic) bond motifs is 3. The van der Waals surface area contributed by atoms with Crippen molar-refractivity contribution in [2.45, 2.75) is 96.4 Å². The van der Waals surface area contributed by atoms with E-state index in [0.29, 0.717) is 0 Å². The van der Waals surface area contributed by atoms with Crippen molar-refractivity contribution in [1.29, 1.82) is 0 Å². The van der Waals surface area contributed by atoms with Crippen molar-refractivity contribution in [2.75, 3.05) is 13.1 Å². The van der Waals surface area contributed by atoms with Crippen LogP contribution in [0.25, 0.3) is 11.1 Å². The van der Waals surface area contributed by atoms with E-state index in [1.807, 2.05) is 36.4 Å². The molecule has 1 aliphatic heterocycles. The molecule has 0 bridgehead atoms. The SMILES string of the molecule is CCCCC1(CCCC)c2cc(C(=O)c3ccccc3)ccc2-c2ccc(C(=O)C(C)(C)N3CCCCC3)cc21.